The van der Waals surface area contributed by atoms with Crippen molar-refractivity contribution < 1.29 is 9.53 Å². The molecule has 10 heteroatoms. The number of ether oxygens (including phenoxy) is 1. The van der Waals surface area contributed by atoms with Gasteiger partial charge in [0.2, 0.25) is 0 Å². The molecule has 0 aliphatic carbocycles. The van der Waals surface area contributed by atoms with Crippen molar-refractivity contribution in [1.82, 2.24) is 34.9 Å². The maximum Gasteiger partial charge on any atom is 0.276 e. The average molecular weight is 527 g/mol. The number of nitrogens with zero attached hydrogens (tertiary/aromatic N) is 6. The number of likely N-dealkylation sites (N-methyl/N-ethyl adjacent to an activating group) is 1. The van der Waals surface area contributed by atoms with E-state index in [-0.39, 0.29) is 5.91 Å². The minimum absolute atomic E-state index is 0.275. The van der Waals surface area contributed by atoms with Gasteiger partial charge in [0, 0.05) is 75.7 Å². The fourth-order valence-electron chi connectivity index (χ4n) is 5.13. The summed E-state index contributed by atoms with van der Waals surface area (Å²) in [5, 5.41) is 11.0. The molecule has 2 aliphatic heterocycles. The van der Waals surface area contributed by atoms with Gasteiger partial charge in [0.15, 0.2) is 5.69 Å². The van der Waals surface area contributed by atoms with Crippen LogP contribution in [0.15, 0.2) is 55.0 Å². The van der Waals surface area contributed by atoms with Crippen LogP contribution in [0.2, 0.25) is 0 Å². The van der Waals surface area contributed by atoms with Gasteiger partial charge in [0.25, 0.3) is 5.91 Å². The first-order valence-corrected chi connectivity index (χ1v) is 13.5. The first kappa shape index (κ1) is 25.6. The van der Waals surface area contributed by atoms with Gasteiger partial charge in [0.05, 0.1) is 36.3 Å². The molecule has 10 nitrogen and oxygen atoms in total. The van der Waals surface area contributed by atoms with Crippen LogP contribution in [0.5, 0.6) is 0 Å². The number of carbonyl (C=O) groups excluding carboxylic acids is 1. The van der Waals surface area contributed by atoms with Crippen molar-refractivity contribution in [3.05, 3.63) is 71.9 Å². The fraction of sp³-hybridized carbons (Fsp3) is 0.379. The highest BCUT2D eigenvalue weighted by Crippen LogP contribution is 2.26. The Morgan fingerprint density at radius 2 is 1.74 bits per heavy atom. The monoisotopic (exact) mass is 526 g/mol. The lowest BCUT2D eigenvalue weighted by atomic mass is 10.0. The Bertz CT molecular complexity index is 1420. The molecule has 0 saturated carbocycles. The number of aromatic amines is 1. The summed E-state index contributed by atoms with van der Waals surface area (Å²) in [5.74, 6) is -0.275. The van der Waals surface area contributed by atoms with Crippen molar-refractivity contribution in [1.29, 1.82) is 0 Å². The predicted molar refractivity (Wildman–Crippen MR) is 150 cm³/mol. The Morgan fingerprint density at radius 3 is 2.54 bits per heavy atom. The predicted octanol–water partition coefficient (Wildman–Crippen LogP) is 2.85. The van der Waals surface area contributed by atoms with E-state index in [9.17, 15) is 4.79 Å². The van der Waals surface area contributed by atoms with Gasteiger partial charge in [-0.05, 0) is 48.5 Å². The van der Waals surface area contributed by atoms with Crippen LogP contribution in [0.4, 0.5) is 5.69 Å². The number of piperazine rings is 1. The van der Waals surface area contributed by atoms with Gasteiger partial charge in [0.1, 0.15) is 0 Å². The second-order valence-corrected chi connectivity index (χ2v) is 10.4. The van der Waals surface area contributed by atoms with Crippen LogP contribution in [0.25, 0.3) is 22.0 Å². The quantitative estimate of drug-likeness (QED) is 0.379. The Morgan fingerprint density at radius 1 is 0.923 bits per heavy atom. The third-order valence-corrected chi connectivity index (χ3v) is 7.48. The van der Waals surface area contributed by atoms with E-state index in [0.29, 0.717) is 11.4 Å². The first-order valence-electron chi connectivity index (χ1n) is 13.5. The number of benzene rings is 1. The van der Waals surface area contributed by atoms with E-state index in [1.807, 2.05) is 42.7 Å². The molecule has 39 heavy (non-hydrogen) atoms. The van der Waals surface area contributed by atoms with Gasteiger partial charge in [-0.15, -0.1) is 0 Å². The van der Waals surface area contributed by atoms with E-state index in [0.717, 1.165) is 93.3 Å². The van der Waals surface area contributed by atoms with Crippen LogP contribution >= 0.6 is 0 Å². The van der Waals surface area contributed by atoms with E-state index in [1.165, 1.54) is 5.56 Å². The third-order valence-electron chi connectivity index (χ3n) is 7.48. The van der Waals surface area contributed by atoms with Crippen molar-refractivity contribution in [2.75, 3.05) is 64.8 Å². The minimum atomic E-state index is -0.275. The Labute approximate surface area is 228 Å². The SMILES string of the molecule is CN1CCN(Cc2cncc(-c3ccc4[nH]nc(C(=O)Nc5ccc(CN6CCOCC6)nc5)c4c3)c2)CC1. The molecule has 5 heterocycles. The van der Waals surface area contributed by atoms with Crippen LogP contribution in [0.3, 0.4) is 0 Å². The van der Waals surface area contributed by atoms with Crippen LogP contribution in [0.1, 0.15) is 21.7 Å². The molecule has 0 unspecified atom stereocenters. The van der Waals surface area contributed by atoms with Crippen molar-refractivity contribution in [3.63, 3.8) is 0 Å². The maximum atomic E-state index is 13.2. The molecule has 2 aliphatic rings. The molecule has 6 rings (SSSR count). The van der Waals surface area contributed by atoms with E-state index >= 15 is 0 Å². The lowest BCUT2D eigenvalue weighted by molar-refractivity contribution is 0.0336. The van der Waals surface area contributed by atoms with Gasteiger partial charge in [-0.3, -0.25) is 29.7 Å². The number of pyridine rings is 2. The number of fused-ring (bicyclic) bond motifs is 1. The molecule has 1 amide bonds. The molecule has 4 aromatic rings. The number of H-pyrrole nitrogens is 1. The lowest BCUT2D eigenvalue weighted by Gasteiger charge is -2.32. The van der Waals surface area contributed by atoms with Gasteiger partial charge in [-0.1, -0.05) is 6.07 Å². The summed E-state index contributed by atoms with van der Waals surface area (Å²) in [6.45, 7) is 9.28. The standard InChI is InChI=1S/C29H34N8O2/c1-35-6-8-36(9-7-35)19-21-14-23(17-30-16-21)22-2-5-27-26(15-22)28(34-33-27)29(38)32-24-3-4-25(31-18-24)20-37-10-12-39-13-11-37/h2-5,14-18H,6-13,19-20H2,1H3,(H,32,38)(H,33,34). The zero-order chi connectivity index (χ0) is 26.6. The lowest BCUT2D eigenvalue weighted by Crippen LogP contribution is -2.43. The maximum absolute atomic E-state index is 13.2. The molecule has 0 bridgehead atoms. The van der Waals surface area contributed by atoms with Crippen molar-refractivity contribution in [2.24, 2.45) is 0 Å². The van der Waals surface area contributed by atoms with Crippen LogP contribution < -0.4 is 5.32 Å². The minimum Gasteiger partial charge on any atom is -0.379 e. The number of hydrogen-bond acceptors (Lipinski definition) is 8. The molecule has 0 atom stereocenters. The highest BCUT2D eigenvalue weighted by atomic mass is 16.5. The summed E-state index contributed by atoms with van der Waals surface area (Å²) in [5.41, 5.74) is 5.98. The fourth-order valence-corrected chi connectivity index (χ4v) is 5.13. The largest absolute Gasteiger partial charge is 0.379 e. The summed E-state index contributed by atoms with van der Waals surface area (Å²) in [7, 11) is 2.17. The highest BCUT2D eigenvalue weighted by Gasteiger charge is 2.17. The normalized spacial score (nSPS) is 17.5. The molecule has 0 radical (unpaired) electrons. The zero-order valence-electron chi connectivity index (χ0n) is 22.3. The van der Waals surface area contributed by atoms with Crippen molar-refractivity contribution in [2.45, 2.75) is 13.1 Å². The van der Waals surface area contributed by atoms with Crippen LogP contribution in [-0.4, -0.2) is 100 Å². The first-order chi connectivity index (χ1) is 19.1. The molecule has 2 fully saturated rings. The number of carbonyl (C=O) groups is 1. The summed E-state index contributed by atoms with van der Waals surface area (Å²) >= 11 is 0. The van der Waals surface area contributed by atoms with E-state index in [1.54, 1.807) is 6.20 Å². The zero-order valence-corrected chi connectivity index (χ0v) is 22.3. The number of morpholine rings is 1. The molecule has 3 aromatic heterocycles. The number of nitrogens with one attached hydrogen (secondary N) is 2. The topological polar surface area (TPSA) is 103 Å². The number of rotatable bonds is 7. The molecule has 2 N–H and O–H groups in total. The van der Waals surface area contributed by atoms with Gasteiger partial charge < -0.3 is 15.0 Å². The smallest absolute Gasteiger partial charge is 0.276 e. The molecule has 1 aromatic carbocycles. The molecule has 2 saturated heterocycles. The van der Waals surface area contributed by atoms with Crippen molar-refractivity contribution >= 4 is 22.5 Å². The summed E-state index contributed by atoms with van der Waals surface area (Å²) in [6, 6.07) is 12.0. The summed E-state index contributed by atoms with van der Waals surface area (Å²) in [4.78, 5) is 29.4. The second kappa shape index (κ2) is 11.6. The Hall–Kier alpha value is -3.70. The van der Waals surface area contributed by atoms with E-state index in [4.69, 9.17) is 4.74 Å². The van der Waals surface area contributed by atoms with Gasteiger partial charge in [-0.2, -0.15) is 5.10 Å². The van der Waals surface area contributed by atoms with Crippen molar-refractivity contribution in [3.8, 4) is 11.1 Å². The highest BCUT2D eigenvalue weighted by molar-refractivity contribution is 6.11. The Balaban J connectivity index is 1.15. The van der Waals surface area contributed by atoms with Crippen LogP contribution in [0, 0.1) is 0 Å². The van der Waals surface area contributed by atoms with E-state index in [2.05, 4.69) is 53.3 Å². The molecule has 0 spiro atoms. The van der Waals surface area contributed by atoms with E-state index < -0.39 is 0 Å². The number of aromatic nitrogens is 4. The Kier molecular flexibility index (Phi) is 7.60. The number of anilines is 1. The molecular weight excluding hydrogens is 492 g/mol. The third kappa shape index (κ3) is 6.15. The molecule has 202 valence electrons. The van der Waals surface area contributed by atoms with Gasteiger partial charge >= 0.3 is 0 Å². The summed E-state index contributed by atoms with van der Waals surface area (Å²) in [6.07, 6.45) is 5.52. The second-order valence-electron chi connectivity index (χ2n) is 10.4. The average Bonchev–Trinajstić information content (AvgIpc) is 3.40. The summed E-state index contributed by atoms with van der Waals surface area (Å²) < 4.78 is 5.41. The number of hydrogen-bond donors (Lipinski definition) is 2. The molecular formula is C29H34N8O2. The number of amides is 1. The van der Waals surface area contributed by atoms with Gasteiger partial charge in [-0.25, -0.2) is 0 Å². The van der Waals surface area contributed by atoms with Crippen LogP contribution in [-0.2, 0) is 17.8 Å².